The molecule has 0 bridgehead atoms. The fourth-order valence-corrected chi connectivity index (χ4v) is 2.44. The number of rotatable bonds is 7. The molecule has 2 unspecified atom stereocenters. The van der Waals surface area contributed by atoms with Crippen molar-refractivity contribution < 1.29 is 14.2 Å². The van der Waals surface area contributed by atoms with Crippen LogP contribution in [0.3, 0.4) is 0 Å². The molecule has 0 saturated heterocycles. The molecular formula is C16H24FNO2. The normalized spacial score (nSPS) is 19.4. The van der Waals surface area contributed by atoms with E-state index >= 15 is 0 Å². The monoisotopic (exact) mass is 281 g/mol. The van der Waals surface area contributed by atoms with E-state index in [0.717, 1.165) is 0 Å². The summed E-state index contributed by atoms with van der Waals surface area (Å²) >= 11 is 0. The van der Waals surface area contributed by atoms with Gasteiger partial charge in [-0.1, -0.05) is 6.07 Å². The molecule has 1 fully saturated rings. The smallest absolute Gasteiger partial charge is 0.129 e. The molecule has 2 rings (SSSR count). The zero-order chi connectivity index (χ0) is 14.8. The van der Waals surface area contributed by atoms with Crippen molar-refractivity contribution in [2.45, 2.75) is 57.7 Å². The Bertz CT molecular complexity index is 462. The van der Waals surface area contributed by atoms with Crippen LogP contribution >= 0.6 is 0 Å². The minimum absolute atomic E-state index is 0.0689. The van der Waals surface area contributed by atoms with Gasteiger partial charge in [-0.2, -0.15) is 0 Å². The van der Waals surface area contributed by atoms with Crippen LogP contribution in [0, 0.1) is 12.7 Å². The number of benzene rings is 1. The van der Waals surface area contributed by atoms with Crippen LogP contribution in [0.4, 0.5) is 4.39 Å². The second-order valence-electron chi connectivity index (χ2n) is 6.18. The van der Waals surface area contributed by atoms with Crippen molar-refractivity contribution in [3.63, 3.8) is 0 Å². The minimum Gasteiger partial charge on any atom is -0.491 e. The van der Waals surface area contributed by atoms with Gasteiger partial charge in [0.05, 0.1) is 12.7 Å². The van der Waals surface area contributed by atoms with Crippen LogP contribution in [0.25, 0.3) is 0 Å². The molecule has 2 N–H and O–H groups in total. The van der Waals surface area contributed by atoms with Crippen molar-refractivity contribution in [1.29, 1.82) is 0 Å². The minimum atomic E-state index is -0.343. The molecule has 1 saturated carbocycles. The van der Waals surface area contributed by atoms with E-state index in [4.69, 9.17) is 4.74 Å². The number of aliphatic hydroxyl groups excluding tert-OH is 1. The van der Waals surface area contributed by atoms with E-state index in [1.54, 1.807) is 19.1 Å². The lowest BCUT2D eigenvalue weighted by Gasteiger charge is -2.32. The first-order valence-electron chi connectivity index (χ1n) is 7.23. The molecule has 112 valence electrons. The molecule has 0 aromatic heterocycles. The molecule has 20 heavy (non-hydrogen) atoms. The second kappa shape index (κ2) is 6.10. The van der Waals surface area contributed by atoms with E-state index in [2.05, 4.69) is 5.32 Å². The summed E-state index contributed by atoms with van der Waals surface area (Å²) in [4.78, 5) is 0. The maximum absolute atomic E-state index is 13.5. The SMILES string of the molecule is Cc1ccc(OC(C)CC(C)(CO)NC2CC2)cc1F. The summed E-state index contributed by atoms with van der Waals surface area (Å²) in [5.74, 6) is 0.281. The topological polar surface area (TPSA) is 41.5 Å². The predicted molar refractivity (Wildman–Crippen MR) is 77.5 cm³/mol. The van der Waals surface area contributed by atoms with Gasteiger partial charge in [0.1, 0.15) is 11.6 Å². The second-order valence-corrected chi connectivity index (χ2v) is 6.18. The molecule has 0 heterocycles. The van der Waals surface area contributed by atoms with Crippen LogP contribution in [0.2, 0.25) is 0 Å². The third kappa shape index (κ3) is 4.18. The lowest BCUT2D eigenvalue weighted by atomic mass is 9.95. The van der Waals surface area contributed by atoms with Gasteiger partial charge in [-0.05, 0) is 45.2 Å². The Morgan fingerprint density at radius 3 is 2.75 bits per heavy atom. The zero-order valence-corrected chi connectivity index (χ0v) is 12.4. The van der Waals surface area contributed by atoms with Crippen molar-refractivity contribution >= 4 is 0 Å². The van der Waals surface area contributed by atoms with E-state index in [0.29, 0.717) is 23.8 Å². The first-order chi connectivity index (χ1) is 9.42. The highest BCUT2D eigenvalue weighted by Crippen LogP contribution is 2.26. The summed E-state index contributed by atoms with van der Waals surface area (Å²) in [5, 5.41) is 13.0. The van der Waals surface area contributed by atoms with Crippen molar-refractivity contribution in [3.05, 3.63) is 29.6 Å². The number of ether oxygens (including phenoxy) is 1. The Morgan fingerprint density at radius 2 is 2.20 bits per heavy atom. The lowest BCUT2D eigenvalue weighted by molar-refractivity contribution is 0.108. The third-order valence-electron chi connectivity index (χ3n) is 3.70. The van der Waals surface area contributed by atoms with Gasteiger partial charge in [-0.3, -0.25) is 0 Å². The quantitative estimate of drug-likeness (QED) is 0.807. The highest BCUT2D eigenvalue weighted by Gasteiger charge is 2.33. The lowest BCUT2D eigenvalue weighted by Crippen LogP contribution is -2.49. The van der Waals surface area contributed by atoms with Crippen molar-refractivity contribution in [1.82, 2.24) is 5.32 Å². The van der Waals surface area contributed by atoms with Gasteiger partial charge in [-0.15, -0.1) is 0 Å². The highest BCUT2D eigenvalue weighted by molar-refractivity contribution is 5.28. The molecule has 0 spiro atoms. The van der Waals surface area contributed by atoms with E-state index in [-0.39, 0.29) is 24.1 Å². The molecular weight excluding hydrogens is 257 g/mol. The summed E-state index contributed by atoms with van der Waals surface area (Å²) in [7, 11) is 0. The van der Waals surface area contributed by atoms with Crippen molar-refractivity contribution in [2.24, 2.45) is 0 Å². The summed E-state index contributed by atoms with van der Waals surface area (Å²) in [6, 6.07) is 5.43. The average Bonchev–Trinajstić information content (AvgIpc) is 3.17. The van der Waals surface area contributed by atoms with Gasteiger partial charge in [0, 0.05) is 24.1 Å². The van der Waals surface area contributed by atoms with Gasteiger partial charge in [0.15, 0.2) is 0 Å². The Balaban J connectivity index is 1.92. The van der Waals surface area contributed by atoms with E-state index in [1.807, 2.05) is 13.8 Å². The molecule has 0 amide bonds. The molecule has 0 radical (unpaired) electrons. The summed E-state index contributed by atoms with van der Waals surface area (Å²) < 4.78 is 19.2. The Labute approximate surface area is 120 Å². The van der Waals surface area contributed by atoms with Gasteiger partial charge in [0.2, 0.25) is 0 Å². The Morgan fingerprint density at radius 1 is 1.50 bits per heavy atom. The van der Waals surface area contributed by atoms with Crippen LogP contribution in [-0.4, -0.2) is 29.4 Å². The largest absolute Gasteiger partial charge is 0.491 e. The van der Waals surface area contributed by atoms with Crippen LogP contribution < -0.4 is 10.1 Å². The number of halogens is 1. The standard InChI is InChI=1S/C16H24FNO2/c1-11-4-7-14(8-15(11)17)20-12(2)9-16(3,10-19)18-13-5-6-13/h4,7-8,12-13,18-19H,5-6,9-10H2,1-3H3. The fraction of sp³-hybridized carbons (Fsp3) is 0.625. The van der Waals surface area contributed by atoms with Gasteiger partial charge < -0.3 is 15.2 Å². The first kappa shape index (κ1) is 15.3. The molecule has 1 aliphatic rings. The van der Waals surface area contributed by atoms with Crippen LogP contribution in [0.15, 0.2) is 18.2 Å². The summed E-state index contributed by atoms with van der Waals surface area (Å²) in [6.45, 7) is 5.74. The fourth-order valence-electron chi connectivity index (χ4n) is 2.44. The van der Waals surface area contributed by atoms with Crippen molar-refractivity contribution in [2.75, 3.05) is 6.61 Å². The summed E-state index contributed by atoms with van der Waals surface area (Å²) in [6.07, 6.45) is 2.93. The average molecular weight is 281 g/mol. The van der Waals surface area contributed by atoms with Gasteiger partial charge in [-0.25, -0.2) is 4.39 Å². The molecule has 0 aliphatic heterocycles. The zero-order valence-electron chi connectivity index (χ0n) is 12.4. The predicted octanol–water partition coefficient (Wildman–Crippen LogP) is 2.79. The van der Waals surface area contributed by atoms with E-state index < -0.39 is 0 Å². The number of nitrogens with one attached hydrogen (secondary N) is 1. The van der Waals surface area contributed by atoms with E-state index in [9.17, 15) is 9.50 Å². The van der Waals surface area contributed by atoms with Crippen LogP contribution in [-0.2, 0) is 0 Å². The molecule has 1 aromatic carbocycles. The molecule has 1 aromatic rings. The Kier molecular flexibility index (Phi) is 4.66. The summed E-state index contributed by atoms with van der Waals surface area (Å²) in [5.41, 5.74) is 0.268. The number of hydrogen-bond acceptors (Lipinski definition) is 3. The number of aliphatic hydroxyl groups is 1. The Hall–Kier alpha value is -1.13. The number of aryl methyl sites for hydroxylation is 1. The van der Waals surface area contributed by atoms with Crippen molar-refractivity contribution in [3.8, 4) is 5.75 Å². The number of hydrogen-bond donors (Lipinski definition) is 2. The van der Waals surface area contributed by atoms with Crippen LogP contribution in [0.1, 0.15) is 38.7 Å². The first-order valence-corrected chi connectivity index (χ1v) is 7.23. The molecule has 3 nitrogen and oxygen atoms in total. The maximum Gasteiger partial charge on any atom is 0.129 e. The van der Waals surface area contributed by atoms with Gasteiger partial charge >= 0.3 is 0 Å². The highest BCUT2D eigenvalue weighted by atomic mass is 19.1. The third-order valence-corrected chi connectivity index (χ3v) is 3.70. The molecule has 4 heteroatoms. The van der Waals surface area contributed by atoms with Crippen LogP contribution in [0.5, 0.6) is 5.75 Å². The molecule has 1 aliphatic carbocycles. The maximum atomic E-state index is 13.5. The molecule has 2 atom stereocenters. The van der Waals surface area contributed by atoms with E-state index in [1.165, 1.54) is 18.9 Å². The van der Waals surface area contributed by atoms with Gasteiger partial charge in [0.25, 0.3) is 0 Å².